The van der Waals surface area contributed by atoms with Crippen LogP contribution in [0.2, 0.25) is 0 Å². The summed E-state index contributed by atoms with van der Waals surface area (Å²) < 4.78 is 2.22. The molecule has 2 aromatic rings. The summed E-state index contributed by atoms with van der Waals surface area (Å²) in [6.07, 6.45) is 1.35. The first-order chi connectivity index (χ1) is 10.4. The summed E-state index contributed by atoms with van der Waals surface area (Å²) in [7, 11) is 2.87. The lowest BCUT2D eigenvalue weighted by Gasteiger charge is -2.11. The van der Waals surface area contributed by atoms with Crippen LogP contribution in [0.5, 0.6) is 0 Å². The highest BCUT2D eigenvalue weighted by Crippen LogP contribution is 2.22. The zero-order valence-corrected chi connectivity index (χ0v) is 13.3. The van der Waals surface area contributed by atoms with Gasteiger partial charge < -0.3 is 9.90 Å². The Balaban J connectivity index is 2.82. The Bertz CT molecular complexity index is 856. The average molecular weight is 323 g/mol. The molecule has 2 rings (SSSR count). The molecule has 2 aromatic heterocycles. The number of carbonyl (C=O) groups is 1. The van der Waals surface area contributed by atoms with Gasteiger partial charge in [-0.25, -0.2) is 14.8 Å². The highest BCUT2D eigenvalue weighted by Gasteiger charge is 2.17. The lowest BCUT2D eigenvalue weighted by Crippen LogP contribution is -2.38. The van der Waals surface area contributed by atoms with Crippen molar-refractivity contribution in [2.24, 2.45) is 14.1 Å². The number of carbonyl (C=O) groups excluding carboxylic acids is 1. The maximum Gasteiger partial charge on any atom is 0.332 e. The third-order valence-electron chi connectivity index (χ3n) is 3.11. The predicted molar refractivity (Wildman–Crippen MR) is 79.7 cm³/mol. The molecular weight excluding hydrogens is 308 g/mol. The molecule has 0 aliphatic heterocycles. The number of hydrogen-bond donors (Lipinski definition) is 0. The molecule has 0 unspecified atom stereocenters. The van der Waals surface area contributed by atoms with Crippen LogP contribution in [0.4, 0.5) is 0 Å². The number of aliphatic carboxylic acids is 1. The summed E-state index contributed by atoms with van der Waals surface area (Å²) in [6, 6.07) is 0. The number of rotatable bonds is 5. The van der Waals surface area contributed by atoms with Gasteiger partial charge in [0.05, 0.1) is 5.97 Å². The van der Waals surface area contributed by atoms with Crippen LogP contribution in [0.15, 0.2) is 14.6 Å². The van der Waals surface area contributed by atoms with Gasteiger partial charge in [0, 0.05) is 26.3 Å². The van der Waals surface area contributed by atoms with Crippen molar-refractivity contribution in [3.63, 3.8) is 0 Å². The lowest BCUT2D eigenvalue weighted by molar-refractivity contribution is -0.301. The minimum Gasteiger partial charge on any atom is -0.549 e. The summed E-state index contributed by atoms with van der Waals surface area (Å²) in [5, 5.41) is 11.1. The number of nitrogens with zero attached hydrogens (tertiary/aromatic N) is 4. The molecule has 0 N–H and O–H groups in total. The minimum atomic E-state index is -1.25. The number of fused-ring (bicyclic) bond motifs is 1. The second-order valence-electron chi connectivity index (χ2n) is 4.76. The molecular formula is C13H15N4O4S-. The predicted octanol–water partition coefficient (Wildman–Crippen LogP) is -1.18. The number of hydrogen-bond acceptors (Lipinski definition) is 7. The number of carboxylic acids is 1. The van der Waals surface area contributed by atoms with Crippen molar-refractivity contribution in [3.8, 4) is 0 Å². The Morgan fingerprint density at radius 3 is 2.50 bits per heavy atom. The molecule has 0 saturated carbocycles. The third-order valence-corrected chi connectivity index (χ3v) is 4.06. The van der Waals surface area contributed by atoms with E-state index in [1.54, 1.807) is 0 Å². The molecule has 9 heteroatoms. The molecule has 0 aliphatic rings. The van der Waals surface area contributed by atoms with Gasteiger partial charge >= 0.3 is 5.69 Å². The first-order valence-corrected chi connectivity index (χ1v) is 7.64. The van der Waals surface area contributed by atoms with Gasteiger partial charge in [-0.1, -0.05) is 18.7 Å². The van der Waals surface area contributed by atoms with E-state index in [2.05, 4.69) is 9.97 Å². The van der Waals surface area contributed by atoms with Crippen molar-refractivity contribution in [2.45, 2.75) is 24.8 Å². The third kappa shape index (κ3) is 2.89. The van der Waals surface area contributed by atoms with Gasteiger partial charge in [0.1, 0.15) is 16.2 Å². The van der Waals surface area contributed by atoms with Gasteiger partial charge in [-0.2, -0.15) is 0 Å². The van der Waals surface area contributed by atoms with Crippen molar-refractivity contribution >= 4 is 28.8 Å². The number of aromatic nitrogens is 4. The summed E-state index contributed by atoms with van der Waals surface area (Å²) in [4.78, 5) is 43.6. The van der Waals surface area contributed by atoms with Gasteiger partial charge in [0.25, 0.3) is 5.56 Å². The summed E-state index contributed by atoms with van der Waals surface area (Å²) in [5.41, 5.74) is -0.816. The molecule has 0 spiro atoms. The SMILES string of the molecule is CCCc1nc(SCC(=O)[O-])c2c(=O)n(C)c(=O)n(C)c2n1. The van der Waals surface area contributed by atoms with E-state index in [1.807, 2.05) is 6.92 Å². The average Bonchev–Trinajstić information content (AvgIpc) is 2.48. The first-order valence-electron chi connectivity index (χ1n) is 6.66. The van der Waals surface area contributed by atoms with Crippen molar-refractivity contribution in [2.75, 3.05) is 5.75 Å². The molecule has 118 valence electrons. The second-order valence-corrected chi connectivity index (χ2v) is 5.72. The van der Waals surface area contributed by atoms with E-state index in [4.69, 9.17) is 0 Å². The van der Waals surface area contributed by atoms with Crippen LogP contribution in [0.1, 0.15) is 19.2 Å². The van der Waals surface area contributed by atoms with E-state index in [0.29, 0.717) is 12.2 Å². The minimum absolute atomic E-state index is 0.149. The van der Waals surface area contributed by atoms with E-state index in [-0.39, 0.29) is 21.8 Å². The Kier molecular flexibility index (Phi) is 4.65. The van der Waals surface area contributed by atoms with Crippen LogP contribution in [-0.2, 0) is 25.3 Å². The molecule has 0 aromatic carbocycles. The van der Waals surface area contributed by atoms with E-state index < -0.39 is 17.2 Å². The van der Waals surface area contributed by atoms with E-state index in [1.165, 1.54) is 18.7 Å². The number of thioether (sulfide) groups is 1. The first kappa shape index (κ1) is 16.2. The smallest absolute Gasteiger partial charge is 0.332 e. The maximum absolute atomic E-state index is 12.3. The fourth-order valence-electron chi connectivity index (χ4n) is 2.04. The maximum atomic E-state index is 12.3. The lowest BCUT2D eigenvalue weighted by atomic mass is 10.3. The van der Waals surface area contributed by atoms with E-state index >= 15 is 0 Å². The van der Waals surface area contributed by atoms with Crippen LogP contribution in [0.25, 0.3) is 11.0 Å². The highest BCUT2D eigenvalue weighted by molar-refractivity contribution is 8.00. The van der Waals surface area contributed by atoms with E-state index in [0.717, 1.165) is 22.7 Å². The summed E-state index contributed by atoms with van der Waals surface area (Å²) >= 11 is 0.894. The van der Waals surface area contributed by atoms with Gasteiger partial charge in [0.2, 0.25) is 0 Å². The monoisotopic (exact) mass is 323 g/mol. The highest BCUT2D eigenvalue weighted by atomic mass is 32.2. The van der Waals surface area contributed by atoms with Crippen molar-refractivity contribution in [1.29, 1.82) is 0 Å². The fraction of sp³-hybridized carbons (Fsp3) is 0.462. The van der Waals surface area contributed by atoms with Crippen molar-refractivity contribution in [1.82, 2.24) is 19.1 Å². The molecule has 0 saturated heterocycles. The molecule has 22 heavy (non-hydrogen) atoms. The fourth-order valence-corrected chi connectivity index (χ4v) is 2.79. The molecule has 0 radical (unpaired) electrons. The largest absolute Gasteiger partial charge is 0.549 e. The van der Waals surface area contributed by atoms with Crippen LogP contribution < -0.4 is 16.4 Å². The number of aryl methyl sites for hydroxylation is 2. The van der Waals surface area contributed by atoms with Crippen LogP contribution in [0, 0.1) is 0 Å². The second kappa shape index (κ2) is 6.30. The zero-order chi connectivity index (χ0) is 16.4. The Labute approximate surface area is 129 Å². The molecule has 0 bridgehead atoms. The molecule has 0 fully saturated rings. The Morgan fingerprint density at radius 1 is 1.23 bits per heavy atom. The van der Waals surface area contributed by atoms with E-state index in [9.17, 15) is 19.5 Å². The molecule has 0 atom stereocenters. The van der Waals surface area contributed by atoms with Crippen LogP contribution in [0.3, 0.4) is 0 Å². The van der Waals surface area contributed by atoms with Gasteiger partial charge in [0.15, 0.2) is 5.65 Å². The summed E-state index contributed by atoms with van der Waals surface area (Å²) in [6.45, 7) is 1.95. The molecule has 0 aliphatic carbocycles. The molecule has 8 nitrogen and oxygen atoms in total. The standard InChI is InChI=1S/C13H16N4O4S/c1-4-5-7-14-10-9(11(15-7)22-6-8(18)19)12(20)17(3)13(21)16(10)2/h4-6H2,1-3H3,(H,18,19)/p-1. The molecule has 2 heterocycles. The quantitative estimate of drug-likeness (QED) is 0.503. The molecule has 0 amide bonds. The Morgan fingerprint density at radius 2 is 1.91 bits per heavy atom. The Hall–Kier alpha value is -2.16. The van der Waals surface area contributed by atoms with Crippen molar-refractivity contribution < 1.29 is 9.90 Å². The van der Waals surface area contributed by atoms with Crippen LogP contribution >= 0.6 is 11.8 Å². The topological polar surface area (TPSA) is 110 Å². The number of carboxylic acid groups (broad SMARTS) is 1. The normalized spacial score (nSPS) is 11.0. The van der Waals surface area contributed by atoms with Crippen LogP contribution in [-0.4, -0.2) is 30.8 Å². The van der Waals surface area contributed by atoms with Gasteiger partial charge in [-0.05, 0) is 6.42 Å². The van der Waals surface area contributed by atoms with Crippen molar-refractivity contribution in [3.05, 3.63) is 26.7 Å². The van der Waals surface area contributed by atoms with Gasteiger partial charge in [-0.3, -0.25) is 13.9 Å². The zero-order valence-electron chi connectivity index (χ0n) is 12.5. The van der Waals surface area contributed by atoms with Gasteiger partial charge in [-0.15, -0.1) is 0 Å². The summed E-state index contributed by atoms with van der Waals surface area (Å²) in [5.74, 6) is -1.11.